The number of anilines is 1. The van der Waals surface area contributed by atoms with Crippen molar-refractivity contribution in [2.45, 2.75) is 31.4 Å². The number of nitrogens with zero attached hydrogens (tertiary/aromatic N) is 4. The standard InChI is InChI=1S/C17H17F2N5O4/c18-10-2-1-8(3-11(10)19)6-23-12-5-21-16(20)22-14(12)24(17(23)27)15-13(26)4-9(7-25)28-15/h1-3,5,9,13,15,25-26H,4,6-7H2,(H2,20,21,22)/t9-,13+,15+/m0/s1. The zero-order chi connectivity index (χ0) is 20.0. The van der Waals surface area contributed by atoms with E-state index < -0.39 is 35.8 Å². The largest absolute Gasteiger partial charge is 0.394 e. The molecule has 4 rings (SSSR count). The van der Waals surface area contributed by atoms with Gasteiger partial charge in [-0.1, -0.05) is 6.07 Å². The lowest BCUT2D eigenvalue weighted by molar-refractivity contribution is -0.0505. The highest BCUT2D eigenvalue weighted by atomic mass is 19.2. The summed E-state index contributed by atoms with van der Waals surface area (Å²) >= 11 is 0. The van der Waals surface area contributed by atoms with Crippen molar-refractivity contribution in [2.75, 3.05) is 12.3 Å². The monoisotopic (exact) mass is 393 g/mol. The number of hydrogen-bond donors (Lipinski definition) is 3. The Labute approximate surface area is 156 Å². The van der Waals surface area contributed by atoms with Gasteiger partial charge in [0.05, 0.1) is 25.5 Å². The maximum absolute atomic E-state index is 13.5. The van der Waals surface area contributed by atoms with E-state index in [4.69, 9.17) is 10.5 Å². The number of benzene rings is 1. The van der Waals surface area contributed by atoms with Crippen LogP contribution in [0.25, 0.3) is 11.2 Å². The Balaban J connectivity index is 1.85. The number of aromatic nitrogens is 4. The lowest BCUT2D eigenvalue weighted by Crippen LogP contribution is -2.32. The van der Waals surface area contributed by atoms with E-state index in [2.05, 4.69) is 9.97 Å². The van der Waals surface area contributed by atoms with Crippen LogP contribution in [0, 0.1) is 11.6 Å². The van der Waals surface area contributed by atoms with Crippen LogP contribution in [0.3, 0.4) is 0 Å². The number of rotatable bonds is 4. The van der Waals surface area contributed by atoms with Crippen molar-refractivity contribution >= 4 is 17.1 Å². The molecule has 4 N–H and O–H groups in total. The Morgan fingerprint density at radius 2 is 2.11 bits per heavy atom. The number of hydrogen-bond acceptors (Lipinski definition) is 7. The summed E-state index contributed by atoms with van der Waals surface area (Å²) in [5, 5.41) is 19.6. The summed E-state index contributed by atoms with van der Waals surface area (Å²) < 4.78 is 34.7. The first-order valence-electron chi connectivity index (χ1n) is 8.50. The Morgan fingerprint density at radius 3 is 2.79 bits per heavy atom. The second-order valence-electron chi connectivity index (χ2n) is 6.56. The quantitative estimate of drug-likeness (QED) is 0.575. The van der Waals surface area contributed by atoms with Crippen LogP contribution in [-0.4, -0.2) is 48.1 Å². The van der Waals surface area contributed by atoms with Crippen LogP contribution in [0.4, 0.5) is 14.7 Å². The van der Waals surface area contributed by atoms with E-state index in [-0.39, 0.29) is 36.7 Å². The molecular formula is C17H17F2N5O4. The first-order chi connectivity index (χ1) is 13.4. The fourth-order valence-corrected chi connectivity index (χ4v) is 3.35. The Kier molecular flexibility index (Phi) is 4.57. The van der Waals surface area contributed by atoms with Gasteiger partial charge in [0, 0.05) is 6.42 Å². The van der Waals surface area contributed by atoms with Crippen molar-refractivity contribution < 1.29 is 23.7 Å². The molecule has 148 valence electrons. The van der Waals surface area contributed by atoms with Crippen LogP contribution >= 0.6 is 0 Å². The van der Waals surface area contributed by atoms with Gasteiger partial charge in [0.1, 0.15) is 11.6 Å². The number of nitrogen functional groups attached to an aromatic ring is 1. The lowest BCUT2D eigenvalue weighted by Gasteiger charge is -2.15. The molecule has 0 unspecified atom stereocenters. The van der Waals surface area contributed by atoms with Gasteiger partial charge in [-0.2, -0.15) is 4.98 Å². The number of halogens is 2. The van der Waals surface area contributed by atoms with E-state index in [1.54, 1.807) is 0 Å². The smallest absolute Gasteiger partial charge is 0.332 e. The molecule has 28 heavy (non-hydrogen) atoms. The molecule has 11 heteroatoms. The van der Waals surface area contributed by atoms with Crippen molar-refractivity contribution in [3.05, 3.63) is 52.1 Å². The van der Waals surface area contributed by atoms with Gasteiger partial charge < -0.3 is 20.7 Å². The highest BCUT2D eigenvalue weighted by Gasteiger charge is 2.37. The third-order valence-electron chi connectivity index (χ3n) is 4.67. The lowest BCUT2D eigenvalue weighted by atomic mass is 10.2. The molecule has 1 saturated heterocycles. The van der Waals surface area contributed by atoms with Crippen LogP contribution in [0.5, 0.6) is 0 Å². The molecule has 2 aromatic heterocycles. The summed E-state index contributed by atoms with van der Waals surface area (Å²) in [4.78, 5) is 21.0. The topological polar surface area (TPSA) is 128 Å². The molecule has 9 nitrogen and oxygen atoms in total. The summed E-state index contributed by atoms with van der Waals surface area (Å²) in [5.74, 6) is -2.11. The normalized spacial score (nSPS) is 22.2. The SMILES string of the molecule is Nc1ncc2c(n1)n([C@@H]1O[C@H](CO)C[C@H]1O)c(=O)n2Cc1ccc(F)c(F)c1. The minimum Gasteiger partial charge on any atom is -0.394 e. The molecule has 0 spiro atoms. The molecule has 0 amide bonds. The van der Waals surface area contributed by atoms with Gasteiger partial charge in [-0.15, -0.1) is 0 Å². The van der Waals surface area contributed by atoms with Crippen molar-refractivity contribution in [2.24, 2.45) is 0 Å². The van der Waals surface area contributed by atoms with Crippen molar-refractivity contribution in [3.8, 4) is 0 Å². The van der Waals surface area contributed by atoms with Gasteiger partial charge in [-0.3, -0.25) is 4.57 Å². The molecule has 1 fully saturated rings. The number of fused-ring (bicyclic) bond motifs is 1. The van der Waals surface area contributed by atoms with Gasteiger partial charge in [0.2, 0.25) is 5.95 Å². The number of ether oxygens (including phenoxy) is 1. The van der Waals surface area contributed by atoms with E-state index in [0.29, 0.717) is 5.56 Å². The van der Waals surface area contributed by atoms with Crippen LogP contribution in [0.15, 0.2) is 29.2 Å². The highest BCUT2D eigenvalue weighted by Crippen LogP contribution is 2.30. The van der Waals surface area contributed by atoms with Crippen LogP contribution < -0.4 is 11.4 Å². The Hall–Kier alpha value is -2.89. The third-order valence-corrected chi connectivity index (χ3v) is 4.67. The van der Waals surface area contributed by atoms with Gasteiger partial charge in [-0.05, 0) is 17.7 Å². The summed E-state index contributed by atoms with van der Waals surface area (Å²) in [6.45, 7) is -0.397. The minimum absolute atomic E-state index is 0.0843. The molecule has 1 aliphatic heterocycles. The molecule has 0 radical (unpaired) electrons. The molecule has 0 bridgehead atoms. The predicted octanol–water partition coefficient (Wildman–Crippen LogP) is 0.142. The fourth-order valence-electron chi connectivity index (χ4n) is 3.35. The van der Waals surface area contributed by atoms with E-state index >= 15 is 0 Å². The fraction of sp³-hybridized carbons (Fsp3) is 0.353. The zero-order valence-electron chi connectivity index (χ0n) is 14.5. The number of imidazole rings is 1. The molecule has 1 aliphatic rings. The van der Waals surface area contributed by atoms with Gasteiger partial charge >= 0.3 is 5.69 Å². The number of aliphatic hydroxyl groups is 2. The molecule has 3 atom stereocenters. The number of nitrogens with two attached hydrogens (primary N) is 1. The molecule has 1 aromatic carbocycles. The average Bonchev–Trinajstić information content (AvgIpc) is 3.15. The number of aliphatic hydroxyl groups excluding tert-OH is 2. The first kappa shape index (κ1) is 18.5. The second kappa shape index (κ2) is 6.93. The highest BCUT2D eigenvalue weighted by molar-refractivity contribution is 5.72. The van der Waals surface area contributed by atoms with Crippen molar-refractivity contribution in [1.29, 1.82) is 0 Å². The van der Waals surface area contributed by atoms with Gasteiger partial charge in [-0.25, -0.2) is 23.1 Å². The second-order valence-corrected chi connectivity index (χ2v) is 6.56. The van der Waals surface area contributed by atoms with E-state index in [1.165, 1.54) is 16.8 Å². The summed E-state index contributed by atoms with van der Waals surface area (Å²) in [6.07, 6.45) is -1.28. The summed E-state index contributed by atoms with van der Waals surface area (Å²) in [5.41, 5.74) is 5.81. The maximum Gasteiger partial charge on any atom is 0.332 e. The molecule has 3 aromatic rings. The van der Waals surface area contributed by atoms with Crippen molar-refractivity contribution in [3.63, 3.8) is 0 Å². The van der Waals surface area contributed by atoms with E-state index in [9.17, 15) is 23.8 Å². The predicted molar refractivity (Wildman–Crippen MR) is 93.3 cm³/mol. The van der Waals surface area contributed by atoms with Gasteiger partial charge in [0.15, 0.2) is 23.5 Å². The third kappa shape index (κ3) is 3.03. The average molecular weight is 393 g/mol. The molecular weight excluding hydrogens is 376 g/mol. The zero-order valence-corrected chi connectivity index (χ0v) is 14.5. The van der Waals surface area contributed by atoms with Crippen LogP contribution in [0.2, 0.25) is 0 Å². The Morgan fingerprint density at radius 1 is 1.32 bits per heavy atom. The minimum atomic E-state index is -1.08. The van der Waals surface area contributed by atoms with Crippen LogP contribution in [-0.2, 0) is 11.3 Å². The van der Waals surface area contributed by atoms with E-state index in [0.717, 1.165) is 16.7 Å². The van der Waals surface area contributed by atoms with Crippen molar-refractivity contribution in [1.82, 2.24) is 19.1 Å². The molecule has 3 heterocycles. The molecule has 0 aliphatic carbocycles. The summed E-state index contributed by atoms with van der Waals surface area (Å²) in [7, 11) is 0. The van der Waals surface area contributed by atoms with E-state index in [1.807, 2.05) is 0 Å². The Bertz CT molecular complexity index is 1100. The van der Waals surface area contributed by atoms with Crippen LogP contribution in [0.1, 0.15) is 18.2 Å². The van der Waals surface area contributed by atoms with Gasteiger partial charge in [0.25, 0.3) is 0 Å². The molecule has 0 saturated carbocycles. The first-order valence-corrected chi connectivity index (χ1v) is 8.50. The maximum atomic E-state index is 13.5. The summed E-state index contributed by atoms with van der Waals surface area (Å²) in [6, 6.07) is 3.32.